The van der Waals surface area contributed by atoms with Crippen LogP contribution in [-0.4, -0.2) is 15.5 Å². The first-order valence-electron chi connectivity index (χ1n) is 7.21. The van der Waals surface area contributed by atoms with E-state index in [9.17, 15) is 14.4 Å². The molecule has 7 heteroatoms. The molecule has 0 bridgehead atoms. The Hall–Kier alpha value is -3.09. The number of amides is 1. The van der Waals surface area contributed by atoms with Gasteiger partial charge in [0.2, 0.25) is 5.91 Å². The number of para-hydroxylation sites is 2. The van der Waals surface area contributed by atoms with Crippen molar-refractivity contribution in [1.82, 2.24) is 9.55 Å². The predicted molar refractivity (Wildman–Crippen MR) is 85.4 cm³/mol. The molecule has 3 rings (SSSR count). The summed E-state index contributed by atoms with van der Waals surface area (Å²) >= 11 is 0. The third-order valence-electron chi connectivity index (χ3n) is 3.45. The number of hydrogen-bond acceptors (Lipinski definition) is 4. The average Bonchev–Trinajstić information content (AvgIpc) is 2.86. The molecule has 2 N–H and O–H groups in total. The molecule has 3 aromatic rings. The highest BCUT2D eigenvalue weighted by molar-refractivity contribution is 5.90. The molecule has 0 aliphatic rings. The Kier molecular flexibility index (Phi) is 4.09. The molecule has 0 aliphatic carbocycles. The first-order chi connectivity index (χ1) is 11.1. The van der Waals surface area contributed by atoms with Crippen LogP contribution in [0.4, 0.5) is 5.69 Å². The lowest BCUT2D eigenvalue weighted by Gasteiger charge is -2.04. The number of nitrogens with zero attached hydrogens (tertiary/aromatic N) is 1. The van der Waals surface area contributed by atoms with Crippen LogP contribution in [0.1, 0.15) is 12.8 Å². The number of anilines is 1. The van der Waals surface area contributed by atoms with Gasteiger partial charge in [-0.05, 0) is 30.7 Å². The van der Waals surface area contributed by atoms with Gasteiger partial charge in [-0.15, -0.1) is 0 Å². The van der Waals surface area contributed by atoms with Crippen LogP contribution in [0, 0.1) is 0 Å². The van der Waals surface area contributed by atoms with Crippen LogP contribution in [0.25, 0.3) is 11.1 Å². The molecule has 0 radical (unpaired) electrons. The Bertz CT molecular complexity index is 951. The summed E-state index contributed by atoms with van der Waals surface area (Å²) in [5, 5.41) is 2.55. The summed E-state index contributed by atoms with van der Waals surface area (Å²) in [4.78, 5) is 37.6. The van der Waals surface area contributed by atoms with E-state index in [1.807, 2.05) is 6.07 Å². The van der Waals surface area contributed by atoms with Crippen LogP contribution < -0.4 is 16.6 Å². The molecule has 2 aromatic heterocycles. The van der Waals surface area contributed by atoms with E-state index in [0.29, 0.717) is 24.1 Å². The highest BCUT2D eigenvalue weighted by Crippen LogP contribution is 2.12. The minimum Gasteiger partial charge on any atom is -0.408 e. The molecule has 0 aliphatic heterocycles. The third-order valence-corrected chi connectivity index (χ3v) is 3.45. The van der Waals surface area contributed by atoms with E-state index in [1.54, 1.807) is 24.3 Å². The minimum absolute atomic E-state index is 0.195. The standard InChI is InChI=1S/C16H15N3O4/c20-14(18-11-5-3-9-17-15(11)21)8-4-10-19-12-6-1-2-7-13(12)23-16(19)22/h1-3,5-7,9H,4,8,10H2,(H,17,21)(H,18,20). The topological polar surface area (TPSA) is 97.1 Å². The number of benzene rings is 1. The molecular formula is C16H15N3O4. The van der Waals surface area contributed by atoms with E-state index in [2.05, 4.69) is 10.3 Å². The van der Waals surface area contributed by atoms with Crippen molar-refractivity contribution in [3.8, 4) is 0 Å². The zero-order valence-electron chi connectivity index (χ0n) is 12.2. The molecule has 0 saturated heterocycles. The van der Waals surface area contributed by atoms with Crippen molar-refractivity contribution in [2.75, 3.05) is 5.32 Å². The number of aromatic nitrogens is 2. The van der Waals surface area contributed by atoms with Gasteiger partial charge in [-0.3, -0.25) is 14.2 Å². The summed E-state index contributed by atoms with van der Waals surface area (Å²) in [6, 6.07) is 10.3. The van der Waals surface area contributed by atoms with E-state index in [0.717, 1.165) is 0 Å². The molecule has 0 saturated carbocycles. The maximum atomic E-state index is 11.9. The Morgan fingerprint density at radius 1 is 1.17 bits per heavy atom. The van der Waals surface area contributed by atoms with E-state index in [1.165, 1.54) is 16.8 Å². The smallest absolute Gasteiger partial charge is 0.408 e. The van der Waals surface area contributed by atoms with Crippen LogP contribution in [0.3, 0.4) is 0 Å². The predicted octanol–water partition coefficient (Wildman–Crippen LogP) is 1.70. The van der Waals surface area contributed by atoms with Crippen molar-refractivity contribution in [2.24, 2.45) is 0 Å². The Balaban J connectivity index is 1.62. The summed E-state index contributed by atoms with van der Waals surface area (Å²) in [5.41, 5.74) is 1.09. The zero-order chi connectivity index (χ0) is 16.2. The second-order valence-corrected chi connectivity index (χ2v) is 5.05. The van der Waals surface area contributed by atoms with Crippen molar-refractivity contribution < 1.29 is 9.21 Å². The first kappa shape index (κ1) is 14.8. The molecule has 23 heavy (non-hydrogen) atoms. The SMILES string of the molecule is O=C(CCCn1c(=O)oc2ccccc21)Nc1ccc[nH]c1=O. The van der Waals surface area contributed by atoms with Crippen molar-refractivity contribution in [3.05, 3.63) is 63.5 Å². The summed E-state index contributed by atoms with van der Waals surface area (Å²) in [6.45, 7) is 0.369. The Labute approximate surface area is 130 Å². The van der Waals surface area contributed by atoms with Gasteiger partial charge in [0.05, 0.1) is 5.52 Å². The van der Waals surface area contributed by atoms with Crippen LogP contribution >= 0.6 is 0 Å². The maximum Gasteiger partial charge on any atom is 0.419 e. The lowest BCUT2D eigenvalue weighted by Crippen LogP contribution is -2.20. The number of fused-ring (bicyclic) bond motifs is 1. The largest absolute Gasteiger partial charge is 0.419 e. The van der Waals surface area contributed by atoms with Crippen LogP contribution in [-0.2, 0) is 11.3 Å². The summed E-state index contributed by atoms with van der Waals surface area (Å²) < 4.78 is 6.63. The summed E-state index contributed by atoms with van der Waals surface area (Å²) in [7, 11) is 0. The minimum atomic E-state index is -0.439. The Morgan fingerprint density at radius 3 is 2.83 bits per heavy atom. The molecule has 2 heterocycles. The van der Waals surface area contributed by atoms with E-state index in [4.69, 9.17) is 4.42 Å². The maximum absolute atomic E-state index is 11.9. The number of H-pyrrole nitrogens is 1. The van der Waals surface area contributed by atoms with Gasteiger partial charge in [-0.2, -0.15) is 0 Å². The molecule has 1 amide bonds. The number of hydrogen-bond donors (Lipinski definition) is 2. The van der Waals surface area contributed by atoms with Crippen molar-refractivity contribution in [3.63, 3.8) is 0 Å². The lowest BCUT2D eigenvalue weighted by molar-refractivity contribution is -0.116. The zero-order valence-corrected chi connectivity index (χ0v) is 12.2. The van der Waals surface area contributed by atoms with Crippen molar-refractivity contribution in [1.29, 1.82) is 0 Å². The first-order valence-corrected chi connectivity index (χ1v) is 7.21. The van der Waals surface area contributed by atoms with Gasteiger partial charge in [0.25, 0.3) is 5.56 Å². The fourth-order valence-corrected chi connectivity index (χ4v) is 2.36. The van der Waals surface area contributed by atoms with E-state index < -0.39 is 5.76 Å². The number of carbonyl (C=O) groups excluding carboxylic acids is 1. The Morgan fingerprint density at radius 2 is 2.00 bits per heavy atom. The number of rotatable bonds is 5. The number of carbonyl (C=O) groups is 1. The molecule has 7 nitrogen and oxygen atoms in total. The number of aryl methyl sites for hydroxylation is 1. The van der Waals surface area contributed by atoms with Gasteiger partial charge < -0.3 is 14.7 Å². The third kappa shape index (κ3) is 3.23. The van der Waals surface area contributed by atoms with Crippen molar-refractivity contribution in [2.45, 2.75) is 19.4 Å². The van der Waals surface area contributed by atoms with E-state index in [-0.39, 0.29) is 23.6 Å². The van der Waals surface area contributed by atoms with Gasteiger partial charge in [-0.1, -0.05) is 12.1 Å². The number of nitrogens with one attached hydrogen (secondary N) is 2. The fourth-order valence-electron chi connectivity index (χ4n) is 2.36. The van der Waals surface area contributed by atoms with Crippen LogP contribution in [0.2, 0.25) is 0 Å². The van der Waals surface area contributed by atoms with Crippen molar-refractivity contribution >= 4 is 22.7 Å². The number of aromatic amines is 1. The molecule has 118 valence electrons. The average molecular weight is 313 g/mol. The summed E-state index contributed by atoms with van der Waals surface area (Å²) in [6.07, 6.45) is 2.15. The molecular weight excluding hydrogens is 298 g/mol. The van der Waals surface area contributed by atoms with Gasteiger partial charge in [0, 0.05) is 19.2 Å². The lowest BCUT2D eigenvalue weighted by atomic mass is 10.2. The second-order valence-electron chi connectivity index (χ2n) is 5.05. The highest BCUT2D eigenvalue weighted by Gasteiger charge is 2.10. The molecule has 0 unspecified atom stereocenters. The quantitative estimate of drug-likeness (QED) is 0.749. The summed E-state index contributed by atoms with van der Waals surface area (Å²) in [5.74, 6) is -0.714. The molecule has 0 atom stereocenters. The van der Waals surface area contributed by atoms with Gasteiger partial charge in [0.1, 0.15) is 5.69 Å². The molecule has 0 fully saturated rings. The second kappa shape index (κ2) is 6.35. The van der Waals surface area contributed by atoms with Gasteiger partial charge in [-0.25, -0.2) is 4.79 Å². The normalized spacial score (nSPS) is 10.8. The highest BCUT2D eigenvalue weighted by atomic mass is 16.4. The van der Waals surface area contributed by atoms with E-state index >= 15 is 0 Å². The van der Waals surface area contributed by atoms with Crippen LogP contribution in [0.5, 0.6) is 0 Å². The van der Waals surface area contributed by atoms with Gasteiger partial charge >= 0.3 is 5.76 Å². The number of pyridine rings is 1. The molecule has 1 aromatic carbocycles. The van der Waals surface area contributed by atoms with Crippen LogP contribution in [0.15, 0.2) is 56.6 Å². The van der Waals surface area contributed by atoms with Gasteiger partial charge in [0.15, 0.2) is 5.58 Å². The fraction of sp³-hybridized carbons (Fsp3) is 0.188. The molecule has 0 spiro atoms. The monoisotopic (exact) mass is 313 g/mol. The number of oxazole rings is 1.